The van der Waals surface area contributed by atoms with Gasteiger partial charge in [-0.3, -0.25) is 4.79 Å². The van der Waals surface area contributed by atoms with Gasteiger partial charge >= 0.3 is 0 Å². The third kappa shape index (κ3) is 7.67. The Morgan fingerprint density at radius 3 is 2.14 bits per heavy atom. The molecular weight excluding hydrogens is 360 g/mol. The van der Waals surface area contributed by atoms with Gasteiger partial charge in [0.15, 0.2) is 0 Å². The lowest BCUT2D eigenvalue weighted by Crippen LogP contribution is -2.35. The number of benzene rings is 1. The van der Waals surface area contributed by atoms with Gasteiger partial charge in [0.2, 0.25) is 0 Å². The minimum absolute atomic E-state index is 0.0367. The fraction of sp³-hybridized carbons (Fsp3) is 0.545. The molecule has 4 nitrogen and oxygen atoms in total. The number of anilines is 1. The van der Waals surface area contributed by atoms with E-state index in [1.165, 1.54) is 32.1 Å². The van der Waals surface area contributed by atoms with Crippen LogP contribution in [0, 0.1) is 23.0 Å². The van der Waals surface area contributed by atoms with Gasteiger partial charge in [0.1, 0.15) is 23.3 Å². The lowest BCUT2D eigenvalue weighted by atomic mass is 9.98. The number of hydrogen-bond donors (Lipinski definition) is 2. The van der Waals surface area contributed by atoms with E-state index in [1.807, 2.05) is 6.07 Å². The number of amides is 1. The summed E-state index contributed by atoms with van der Waals surface area (Å²) in [5.41, 5.74) is -0.277. The molecular formula is C22H29F2N3O. The lowest BCUT2D eigenvalue weighted by molar-refractivity contribution is -0.117. The third-order valence-electron chi connectivity index (χ3n) is 5.11. The van der Waals surface area contributed by atoms with E-state index in [-0.39, 0.29) is 17.3 Å². The minimum atomic E-state index is -0.658. The van der Waals surface area contributed by atoms with Crippen molar-refractivity contribution >= 4 is 11.6 Å². The van der Waals surface area contributed by atoms with Crippen LogP contribution in [0.3, 0.4) is 0 Å². The van der Waals surface area contributed by atoms with Crippen molar-refractivity contribution in [2.75, 3.05) is 5.32 Å². The van der Waals surface area contributed by atoms with E-state index in [0.29, 0.717) is 0 Å². The Bertz CT molecular complexity index is 700. The molecule has 1 aliphatic rings. The molecule has 28 heavy (non-hydrogen) atoms. The summed E-state index contributed by atoms with van der Waals surface area (Å²) in [4.78, 5) is 12.5. The Labute approximate surface area is 166 Å². The number of hydrogen-bond acceptors (Lipinski definition) is 3. The number of carbonyl (C=O) groups excluding carboxylic acids is 1. The van der Waals surface area contributed by atoms with Gasteiger partial charge in [0.25, 0.3) is 5.91 Å². The van der Waals surface area contributed by atoms with Crippen molar-refractivity contribution in [1.29, 1.82) is 5.26 Å². The highest BCUT2D eigenvalue weighted by Gasteiger charge is 2.16. The highest BCUT2D eigenvalue weighted by atomic mass is 19.1. The number of halogens is 2. The maximum absolute atomic E-state index is 13.7. The molecule has 1 saturated carbocycles. The molecule has 0 aromatic heterocycles. The van der Waals surface area contributed by atoms with E-state index in [2.05, 4.69) is 10.6 Å². The number of nitrogens with one attached hydrogen (secondary N) is 2. The first-order valence-corrected chi connectivity index (χ1v) is 10.2. The number of carbonyl (C=O) groups is 1. The van der Waals surface area contributed by atoms with Crippen LogP contribution in [0.25, 0.3) is 0 Å². The van der Waals surface area contributed by atoms with Crippen LogP contribution >= 0.6 is 0 Å². The minimum Gasteiger partial charge on any atom is -0.358 e. The van der Waals surface area contributed by atoms with Crippen molar-refractivity contribution in [3.05, 3.63) is 41.6 Å². The lowest BCUT2D eigenvalue weighted by Gasteiger charge is -2.19. The van der Waals surface area contributed by atoms with Gasteiger partial charge in [-0.2, -0.15) is 5.26 Å². The summed E-state index contributed by atoms with van der Waals surface area (Å²) in [5, 5.41) is 14.8. The van der Waals surface area contributed by atoms with Crippen molar-refractivity contribution in [2.45, 2.75) is 76.7 Å². The molecule has 0 radical (unpaired) electrons. The van der Waals surface area contributed by atoms with Crippen LogP contribution in [0.15, 0.2) is 30.0 Å². The zero-order valence-electron chi connectivity index (χ0n) is 16.3. The SMILES string of the molecule is N#C/C(=C/Nc1cc(F)ccc1F)C(=O)NC1CCCCCCCCCCC1. The Hall–Kier alpha value is -2.42. The highest BCUT2D eigenvalue weighted by molar-refractivity contribution is 5.97. The summed E-state index contributed by atoms with van der Waals surface area (Å²) < 4.78 is 26.9. The van der Waals surface area contributed by atoms with Crippen molar-refractivity contribution in [1.82, 2.24) is 5.32 Å². The van der Waals surface area contributed by atoms with Gasteiger partial charge in [0.05, 0.1) is 5.69 Å². The molecule has 1 amide bonds. The van der Waals surface area contributed by atoms with E-state index in [9.17, 15) is 18.8 Å². The first kappa shape index (κ1) is 21.9. The first-order chi connectivity index (χ1) is 13.6. The van der Waals surface area contributed by atoms with Crippen LogP contribution in [-0.2, 0) is 4.79 Å². The molecule has 0 spiro atoms. The second-order valence-corrected chi connectivity index (χ2v) is 7.37. The standard InChI is InChI=1S/C22H29F2N3O/c23-18-12-13-20(24)21(14-18)26-16-17(15-25)22(28)27-19-10-8-6-4-2-1-3-5-7-9-11-19/h12-14,16,19,26H,1-11H2,(H,27,28)/b17-16-. The fourth-order valence-electron chi connectivity index (χ4n) is 3.48. The Kier molecular flexibility index (Phi) is 9.47. The molecule has 0 atom stereocenters. The summed E-state index contributed by atoms with van der Waals surface area (Å²) in [6.45, 7) is 0. The predicted molar refractivity (Wildman–Crippen MR) is 106 cm³/mol. The zero-order chi connectivity index (χ0) is 20.2. The molecule has 0 heterocycles. The summed E-state index contributed by atoms with van der Waals surface area (Å²) >= 11 is 0. The van der Waals surface area contributed by atoms with Crippen molar-refractivity contribution < 1.29 is 13.6 Å². The third-order valence-corrected chi connectivity index (χ3v) is 5.11. The number of rotatable bonds is 4. The number of nitriles is 1. The molecule has 1 aliphatic carbocycles. The topological polar surface area (TPSA) is 64.9 Å². The first-order valence-electron chi connectivity index (χ1n) is 10.2. The van der Waals surface area contributed by atoms with Crippen LogP contribution in [0.1, 0.15) is 70.6 Å². The van der Waals surface area contributed by atoms with E-state index in [4.69, 9.17) is 0 Å². The molecule has 1 fully saturated rings. The van der Waals surface area contributed by atoms with Gasteiger partial charge in [-0.1, -0.05) is 57.8 Å². The molecule has 2 N–H and O–H groups in total. The van der Waals surface area contributed by atoms with Crippen molar-refractivity contribution in [3.8, 4) is 6.07 Å². The van der Waals surface area contributed by atoms with Crippen molar-refractivity contribution in [2.24, 2.45) is 0 Å². The van der Waals surface area contributed by atoms with Gasteiger partial charge in [0, 0.05) is 18.3 Å². The van der Waals surface area contributed by atoms with Crippen LogP contribution in [0.5, 0.6) is 0 Å². The van der Waals surface area contributed by atoms with Crippen LogP contribution < -0.4 is 10.6 Å². The normalized spacial score (nSPS) is 17.7. The summed E-state index contributed by atoms with van der Waals surface area (Å²) in [5.74, 6) is -1.74. The number of nitrogens with zero attached hydrogens (tertiary/aromatic N) is 1. The fourth-order valence-corrected chi connectivity index (χ4v) is 3.48. The maximum atomic E-state index is 13.7. The van der Waals surface area contributed by atoms with E-state index < -0.39 is 17.5 Å². The van der Waals surface area contributed by atoms with Crippen LogP contribution in [0.2, 0.25) is 0 Å². The molecule has 1 aromatic carbocycles. The second-order valence-electron chi connectivity index (χ2n) is 7.37. The largest absolute Gasteiger partial charge is 0.358 e. The highest BCUT2D eigenvalue weighted by Crippen LogP contribution is 2.18. The monoisotopic (exact) mass is 389 g/mol. The maximum Gasteiger partial charge on any atom is 0.263 e. The van der Waals surface area contributed by atoms with Gasteiger partial charge < -0.3 is 10.6 Å². The average Bonchev–Trinajstić information content (AvgIpc) is 2.67. The Balaban J connectivity index is 1.96. The molecule has 0 saturated heterocycles. The van der Waals surface area contributed by atoms with Crippen LogP contribution in [0.4, 0.5) is 14.5 Å². The molecule has 0 unspecified atom stereocenters. The molecule has 1 aromatic rings. The van der Waals surface area contributed by atoms with Crippen molar-refractivity contribution in [3.63, 3.8) is 0 Å². The quantitative estimate of drug-likeness (QED) is 0.522. The smallest absolute Gasteiger partial charge is 0.263 e. The molecule has 6 heteroatoms. The van der Waals surface area contributed by atoms with Gasteiger partial charge in [-0.25, -0.2) is 8.78 Å². The summed E-state index contributed by atoms with van der Waals surface area (Å²) in [7, 11) is 0. The van der Waals surface area contributed by atoms with Crippen LogP contribution in [-0.4, -0.2) is 11.9 Å². The predicted octanol–water partition coefficient (Wildman–Crippen LogP) is 5.57. The second kappa shape index (κ2) is 12.1. The summed E-state index contributed by atoms with van der Waals surface area (Å²) in [6.07, 6.45) is 13.7. The molecule has 2 rings (SSSR count). The van der Waals surface area contributed by atoms with E-state index in [1.54, 1.807) is 0 Å². The van der Waals surface area contributed by atoms with E-state index >= 15 is 0 Å². The Morgan fingerprint density at radius 1 is 1.00 bits per heavy atom. The van der Waals surface area contributed by atoms with Gasteiger partial charge in [-0.05, 0) is 25.0 Å². The molecule has 0 bridgehead atoms. The summed E-state index contributed by atoms with van der Waals surface area (Å²) in [6, 6.07) is 4.84. The Morgan fingerprint density at radius 2 is 1.57 bits per heavy atom. The molecule has 152 valence electrons. The zero-order valence-corrected chi connectivity index (χ0v) is 16.3. The van der Waals surface area contributed by atoms with Gasteiger partial charge in [-0.15, -0.1) is 0 Å². The van der Waals surface area contributed by atoms with E-state index in [0.717, 1.165) is 62.9 Å². The molecule has 0 aliphatic heterocycles. The average molecular weight is 389 g/mol.